The molecule has 2 aromatic carbocycles. The van der Waals surface area contributed by atoms with Crippen LogP contribution in [0.3, 0.4) is 0 Å². The SMILES string of the molecule is CCc1ccccc1NC(=O)CCCN(C)S(=O)(=O)c1ccccc1. The van der Waals surface area contributed by atoms with Crippen LogP contribution in [0.4, 0.5) is 5.69 Å². The summed E-state index contributed by atoms with van der Waals surface area (Å²) in [6.07, 6.45) is 1.57. The Bertz CT molecular complexity index is 804. The van der Waals surface area contributed by atoms with Gasteiger partial charge in [0.1, 0.15) is 0 Å². The lowest BCUT2D eigenvalue weighted by molar-refractivity contribution is -0.116. The topological polar surface area (TPSA) is 66.5 Å². The molecule has 0 aliphatic rings. The maximum atomic E-state index is 12.4. The third kappa shape index (κ3) is 5.14. The smallest absolute Gasteiger partial charge is 0.242 e. The molecular weight excluding hydrogens is 336 g/mol. The van der Waals surface area contributed by atoms with E-state index >= 15 is 0 Å². The molecule has 6 heteroatoms. The van der Waals surface area contributed by atoms with Crippen molar-refractivity contribution in [3.05, 3.63) is 60.2 Å². The maximum absolute atomic E-state index is 12.4. The van der Waals surface area contributed by atoms with Crippen molar-refractivity contribution in [3.63, 3.8) is 0 Å². The Morgan fingerprint density at radius 1 is 1.04 bits per heavy atom. The molecule has 2 rings (SSSR count). The molecule has 0 aromatic heterocycles. The first kappa shape index (κ1) is 19.1. The summed E-state index contributed by atoms with van der Waals surface area (Å²) < 4.78 is 26.1. The first-order valence-electron chi connectivity index (χ1n) is 8.34. The summed E-state index contributed by atoms with van der Waals surface area (Å²) >= 11 is 0. The van der Waals surface area contributed by atoms with Crippen molar-refractivity contribution in [2.75, 3.05) is 18.9 Å². The van der Waals surface area contributed by atoms with E-state index < -0.39 is 10.0 Å². The largest absolute Gasteiger partial charge is 0.326 e. The number of carbonyl (C=O) groups excluding carboxylic acids is 1. The zero-order valence-electron chi connectivity index (χ0n) is 14.6. The minimum atomic E-state index is -3.50. The second kappa shape index (κ2) is 8.78. The second-order valence-corrected chi connectivity index (χ2v) is 7.85. The van der Waals surface area contributed by atoms with E-state index in [-0.39, 0.29) is 17.2 Å². The molecule has 2 aromatic rings. The molecule has 0 aliphatic carbocycles. The third-order valence-corrected chi connectivity index (χ3v) is 5.87. The van der Waals surface area contributed by atoms with E-state index in [0.29, 0.717) is 13.0 Å². The monoisotopic (exact) mass is 360 g/mol. The molecular formula is C19H24N2O3S. The van der Waals surface area contributed by atoms with E-state index in [0.717, 1.165) is 17.7 Å². The minimum absolute atomic E-state index is 0.105. The van der Waals surface area contributed by atoms with Gasteiger partial charge < -0.3 is 5.32 Å². The lowest BCUT2D eigenvalue weighted by Crippen LogP contribution is -2.28. The fraction of sp³-hybridized carbons (Fsp3) is 0.316. The molecule has 25 heavy (non-hydrogen) atoms. The Morgan fingerprint density at radius 3 is 2.36 bits per heavy atom. The highest BCUT2D eigenvalue weighted by molar-refractivity contribution is 7.89. The molecule has 0 unspecified atom stereocenters. The van der Waals surface area contributed by atoms with Crippen LogP contribution in [-0.4, -0.2) is 32.2 Å². The van der Waals surface area contributed by atoms with Crippen molar-refractivity contribution in [2.24, 2.45) is 0 Å². The van der Waals surface area contributed by atoms with E-state index in [9.17, 15) is 13.2 Å². The normalized spacial score (nSPS) is 11.5. The fourth-order valence-electron chi connectivity index (χ4n) is 2.52. The number of amides is 1. The molecule has 1 N–H and O–H groups in total. The van der Waals surface area contributed by atoms with Crippen molar-refractivity contribution in [1.82, 2.24) is 4.31 Å². The van der Waals surface area contributed by atoms with Gasteiger partial charge in [-0.25, -0.2) is 12.7 Å². The van der Waals surface area contributed by atoms with Crippen LogP contribution in [0.25, 0.3) is 0 Å². The molecule has 0 bridgehead atoms. The van der Waals surface area contributed by atoms with E-state index in [2.05, 4.69) is 5.32 Å². The summed E-state index contributed by atoms with van der Waals surface area (Å²) in [5.74, 6) is -0.105. The molecule has 1 amide bonds. The van der Waals surface area contributed by atoms with Crippen molar-refractivity contribution in [1.29, 1.82) is 0 Å². The number of hydrogen-bond donors (Lipinski definition) is 1. The number of rotatable bonds is 8. The Kier molecular flexibility index (Phi) is 6.73. The molecule has 0 heterocycles. The fourth-order valence-corrected chi connectivity index (χ4v) is 3.75. The average Bonchev–Trinajstić information content (AvgIpc) is 2.62. The van der Waals surface area contributed by atoms with Gasteiger partial charge in [0.2, 0.25) is 15.9 Å². The van der Waals surface area contributed by atoms with Crippen LogP contribution < -0.4 is 5.32 Å². The van der Waals surface area contributed by atoms with Gasteiger partial charge in [-0.05, 0) is 36.6 Å². The summed E-state index contributed by atoms with van der Waals surface area (Å²) in [6, 6.07) is 16.0. The Labute approximate surface area is 149 Å². The molecule has 0 aliphatic heterocycles. The number of para-hydroxylation sites is 1. The van der Waals surface area contributed by atoms with E-state index in [1.54, 1.807) is 30.3 Å². The number of anilines is 1. The predicted octanol–water partition coefficient (Wildman–Crippen LogP) is 3.29. The lowest BCUT2D eigenvalue weighted by atomic mass is 10.1. The van der Waals surface area contributed by atoms with Crippen LogP contribution >= 0.6 is 0 Å². The summed E-state index contributed by atoms with van der Waals surface area (Å²) in [4.78, 5) is 12.4. The molecule has 134 valence electrons. The highest BCUT2D eigenvalue weighted by Gasteiger charge is 2.20. The Balaban J connectivity index is 1.86. The summed E-state index contributed by atoms with van der Waals surface area (Å²) in [5.41, 5.74) is 1.90. The summed E-state index contributed by atoms with van der Waals surface area (Å²) in [5, 5.41) is 2.90. The van der Waals surface area contributed by atoms with Crippen LogP contribution in [0.2, 0.25) is 0 Å². The quantitative estimate of drug-likeness (QED) is 0.785. The number of benzene rings is 2. The van der Waals surface area contributed by atoms with Gasteiger partial charge in [-0.3, -0.25) is 4.79 Å². The van der Waals surface area contributed by atoms with Gasteiger partial charge in [-0.2, -0.15) is 0 Å². The predicted molar refractivity (Wildman–Crippen MR) is 99.9 cm³/mol. The maximum Gasteiger partial charge on any atom is 0.242 e. The van der Waals surface area contributed by atoms with Crippen LogP contribution in [0.5, 0.6) is 0 Å². The lowest BCUT2D eigenvalue weighted by Gasteiger charge is -2.17. The van der Waals surface area contributed by atoms with Crippen LogP contribution in [0.15, 0.2) is 59.5 Å². The van der Waals surface area contributed by atoms with Gasteiger partial charge in [-0.1, -0.05) is 43.3 Å². The molecule has 0 spiro atoms. The van der Waals surface area contributed by atoms with Crippen LogP contribution in [-0.2, 0) is 21.2 Å². The molecule has 0 fully saturated rings. The number of aryl methyl sites for hydroxylation is 1. The van der Waals surface area contributed by atoms with Crippen molar-refractivity contribution in [3.8, 4) is 0 Å². The number of nitrogens with zero attached hydrogens (tertiary/aromatic N) is 1. The highest BCUT2D eigenvalue weighted by atomic mass is 32.2. The first-order chi connectivity index (χ1) is 11.9. The van der Waals surface area contributed by atoms with E-state index in [1.165, 1.54) is 11.4 Å². The molecule has 0 saturated carbocycles. The number of nitrogens with one attached hydrogen (secondary N) is 1. The molecule has 0 atom stereocenters. The number of sulfonamides is 1. The number of hydrogen-bond acceptors (Lipinski definition) is 3. The summed E-state index contributed by atoms with van der Waals surface area (Å²) in [6.45, 7) is 2.33. The van der Waals surface area contributed by atoms with Crippen LogP contribution in [0, 0.1) is 0 Å². The second-order valence-electron chi connectivity index (χ2n) is 5.80. The highest BCUT2D eigenvalue weighted by Crippen LogP contribution is 2.17. The van der Waals surface area contributed by atoms with Gasteiger partial charge in [0, 0.05) is 25.7 Å². The minimum Gasteiger partial charge on any atom is -0.326 e. The summed E-state index contributed by atoms with van der Waals surface area (Å²) in [7, 11) is -1.97. The van der Waals surface area contributed by atoms with Gasteiger partial charge in [0.25, 0.3) is 0 Å². The van der Waals surface area contributed by atoms with Gasteiger partial charge in [0.05, 0.1) is 4.90 Å². The zero-order valence-corrected chi connectivity index (χ0v) is 15.4. The van der Waals surface area contributed by atoms with Crippen molar-refractivity contribution < 1.29 is 13.2 Å². The number of carbonyl (C=O) groups is 1. The van der Waals surface area contributed by atoms with E-state index in [4.69, 9.17) is 0 Å². The van der Waals surface area contributed by atoms with Gasteiger partial charge in [-0.15, -0.1) is 0 Å². The molecule has 0 radical (unpaired) electrons. The Morgan fingerprint density at radius 2 is 1.68 bits per heavy atom. The molecule has 5 nitrogen and oxygen atoms in total. The standard InChI is InChI=1S/C19H24N2O3S/c1-3-16-10-7-8-13-18(16)20-19(22)14-9-15-21(2)25(23,24)17-11-5-4-6-12-17/h4-8,10-13H,3,9,14-15H2,1-2H3,(H,20,22). The van der Waals surface area contributed by atoms with Crippen LogP contribution in [0.1, 0.15) is 25.3 Å². The van der Waals surface area contributed by atoms with Gasteiger partial charge in [0.15, 0.2) is 0 Å². The van der Waals surface area contributed by atoms with Crippen molar-refractivity contribution in [2.45, 2.75) is 31.1 Å². The zero-order chi connectivity index (χ0) is 18.3. The Hall–Kier alpha value is -2.18. The van der Waals surface area contributed by atoms with Crippen molar-refractivity contribution >= 4 is 21.6 Å². The molecule has 0 saturated heterocycles. The average molecular weight is 360 g/mol. The van der Waals surface area contributed by atoms with Gasteiger partial charge >= 0.3 is 0 Å². The van der Waals surface area contributed by atoms with E-state index in [1.807, 2.05) is 31.2 Å². The first-order valence-corrected chi connectivity index (χ1v) is 9.78. The third-order valence-electron chi connectivity index (χ3n) is 4.00.